The number of aromatic nitrogens is 1. The molecule has 1 amide bonds. The third-order valence-corrected chi connectivity index (χ3v) is 5.86. The van der Waals surface area contributed by atoms with Gasteiger partial charge in [-0.2, -0.15) is 13.2 Å². The van der Waals surface area contributed by atoms with Crippen LogP contribution in [-0.4, -0.2) is 58.8 Å². The minimum Gasteiger partial charge on any atom is -0.334 e. The fraction of sp³-hybridized carbons (Fsp3) is 0.360. The Kier molecular flexibility index (Phi) is 7.16. The summed E-state index contributed by atoms with van der Waals surface area (Å²) in [5.41, 5.74) is 4.35. The van der Waals surface area contributed by atoms with Gasteiger partial charge in [0, 0.05) is 38.9 Å². The Morgan fingerprint density at radius 2 is 1.63 bits per heavy atom. The van der Waals surface area contributed by atoms with Crippen molar-refractivity contribution in [1.29, 1.82) is 0 Å². The highest BCUT2D eigenvalue weighted by Crippen LogP contribution is 2.42. The van der Waals surface area contributed by atoms with Crippen LogP contribution >= 0.6 is 0 Å². The van der Waals surface area contributed by atoms with E-state index in [9.17, 15) is 22.8 Å². The van der Waals surface area contributed by atoms with Crippen molar-refractivity contribution in [3.05, 3.63) is 65.9 Å². The highest BCUT2D eigenvalue weighted by molar-refractivity contribution is 6.08. The van der Waals surface area contributed by atoms with Crippen LogP contribution in [0.3, 0.4) is 0 Å². The van der Waals surface area contributed by atoms with Crippen molar-refractivity contribution in [2.45, 2.75) is 33.2 Å². The zero-order valence-electron chi connectivity index (χ0n) is 20.4. The second-order valence-electron chi connectivity index (χ2n) is 8.62. The minimum atomic E-state index is -5.23. The van der Waals surface area contributed by atoms with E-state index in [0.29, 0.717) is 5.56 Å². The molecule has 2 heterocycles. The Balaban J connectivity index is 2.30. The number of nitrogens with zero attached hydrogens (tertiary/aromatic N) is 4. The Morgan fingerprint density at radius 3 is 2.11 bits per heavy atom. The van der Waals surface area contributed by atoms with E-state index in [1.165, 1.54) is 28.7 Å². The topological polar surface area (TPSA) is 58.0 Å². The molecule has 0 spiro atoms. The Morgan fingerprint density at radius 1 is 1.09 bits per heavy atom. The second kappa shape index (κ2) is 9.61. The summed E-state index contributed by atoms with van der Waals surface area (Å²) in [6, 6.07) is 3.94. The van der Waals surface area contributed by atoms with Gasteiger partial charge in [0.05, 0.1) is 5.56 Å². The van der Waals surface area contributed by atoms with E-state index in [2.05, 4.69) is 13.2 Å². The number of hydroxylamine groups is 1. The maximum atomic E-state index is 13.7. The highest BCUT2D eigenvalue weighted by Gasteiger charge is 2.49. The molecule has 0 saturated heterocycles. The summed E-state index contributed by atoms with van der Waals surface area (Å²) >= 11 is 0. The Labute approximate surface area is 202 Å². The highest BCUT2D eigenvalue weighted by atomic mass is 19.4. The van der Waals surface area contributed by atoms with Gasteiger partial charge in [-0.3, -0.25) is 9.69 Å². The van der Waals surface area contributed by atoms with Gasteiger partial charge in [0.25, 0.3) is 5.91 Å². The Hall–Kier alpha value is -3.53. The zero-order valence-corrected chi connectivity index (χ0v) is 20.4. The number of halogens is 3. The normalized spacial score (nSPS) is 15.9. The third-order valence-electron chi connectivity index (χ3n) is 5.86. The molecule has 1 aliphatic heterocycles. The molecular formula is C25H29F3N4O3. The lowest BCUT2D eigenvalue weighted by Crippen LogP contribution is -2.63. The van der Waals surface area contributed by atoms with E-state index in [-0.39, 0.29) is 24.5 Å². The van der Waals surface area contributed by atoms with E-state index in [0.717, 1.165) is 27.3 Å². The summed E-state index contributed by atoms with van der Waals surface area (Å²) in [4.78, 5) is 33.5. The van der Waals surface area contributed by atoms with Crippen molar-refractivity contribution in [1.82, 2.24) is 14.4 Å². The first-order valence-corrected chi connectivity index (χ1v) is 10.9. The van der Waals surface area contributed by atoms with Crippen LogP contribution in [0.25, 0.3) is 11.1 Å². The molecule has 0 saturated carbocycles. The fourth-order valence-electron chi connectivity index (χ4n) is 4.65. The van der Waals surface area contributed by atoms with Crippen LogP contribution in [0.15, 0.2) is 43.6 Å². The predicted octanol–water partition coefficient (Wildman–Crippen LogP) is 4.49. The van der Waals surface area contributed by atoms with Crippen LogP contribution < -0.4 is 5.06 Å². The van der Waals surface area contributed by atoms with Crippen molar-refractivity contribution in [2.75, 3.05) is 25.2 Å². The van der Waals surface area contributed by atoms with Gasteiger partial charge in [0.15, 0.2) is 12.1 Å². The average Bonchev–Trinajstić information content (AvgIpc) is 3.07. The molecule has 1 unspecified atom stereocenters. The van der Waals surface area contributed by atoms with Crippen LogP contribution in [0.1, 0.15) is 27.0 Å². The van der Waals surface area contributed by atoms with E-state index in [1.807, 2.05) is 32.9 Å². The van der Waals surface area contributed by atoms with Crippen LogP contribution in [0.5, 0.6) is 0 Å². The maximum absolute atomic E-state index is 13.7. The monoisotopic (exact) mass is 490 g/mol. The standard InChI is InChI=1S/C25H29F3N4O3/c1-8-10-31(11-9-2)24-30(7)22(33)20-18(19-16(4)12-15(3)13-17(19)5)14-29(6)21(20)32(24)35-23(34)25(26,27)28/h8-9,12-14,24H,1-2,10-11H2,3-7H3. The van der Waals surface area contributed by atoms with Gasteiger partial charge < -0.3 is 14.3 Å². The van der Waals surface area contributed by atoms with Gasteiger partial charge in [0.1, 0.15) is 0 Å². The number of fused-ring (bicyclic) bond motifs is 1. The first-order chi connectivity index (χ1) is 16.3. The molecule has 3 rings (SSSR count). The van der Waals surface area contributed by atoms with Crippen molar-refractivity contribution < 1.29 is 27.6 Å². The second-order valence-corrected chi connectivity index (χ2v) is 8.62. The molecule has 7 nitrogen and oxygen atoms in total. The molecule has 188 valence electrons. The summed E-state index contributed by atoms with van der Waals surface area (Å²) < 4.78 is 41.3. The van der Waals surface area contributed by atoms with Gasteiger partial charge in [0.2, 0.25) is 0 Å². The number of alkyl halides is 3. The lowest BCUT2D eigenvalue weighted by molar-refractivity contribution is -0.205. The average molecular weight is 491 g/mol. The molecule has 1 aliphatic rings. The molecule has 1 aromatic carbocycles. The van der Waals surface area contributed by atoms with Crippen LogP contribution in [0.2, 0.25) is 0 Å². The number of amides is 1. The van der Waals surface area contributed by atoms with Crippen molar-refractivity contribution in [2.24, 2.45) is 7.05 Å². The van der Waals surface area contributed by atoms with Crippen molar-refractivity contribution >= 4 is 17.7 Å². The third kappa shape index (κ3) is 4.70. The van der Waals surface area contributed by atoms with Gasteiger partial charge in [-0.1, -0.05) is 29.8 Å². The number of hydrogen-bond donors (Lipinski definition) is 0. The number of benzene rings is 1. The first kappa shape index (κ1) is 26.1. The van der Waals surface area contributed by atoms with Crippen molar-refractivity contribution in [3.8, 4) is 11.1 Å². The van der Waals surface area contributed by atoms with Crippen molar-refractivity contribution in [3.63, 3.8) is 0 Å². The van der Waals surface area contributed by atoms with Gasteiger partial charge in [-0.05, 0) is 37.5 Å². The van der Waals surface area contributed by atoms with Crippen LogP contribution in [0.4, 0.5) is 19.0 Å². The molecule has 0 aliphatic carbocycles. The molecule has 0 radical (unpaired) electrons. The SMILES string of the molecule is C=CCN(CC=C)C1N(C)C(=O)c2c(-c3c(C)cc(C)cc3C)cn(C)c2N1OC(=O)C(F)(F)F. The van der Waals surface area contributed by atoms with E-state index in [1.54, 1.807) is 18.1 Å². The summed E-state index contributed by atoms with van der Waals surface area (Å²) in [7, 11) is 3.05. The van der Waals surface area contributed by atoms with Gasteiger partial charge in [-0.15, -0.1) is 18.2 Å². The quantitative estimate of drug-likeness (QED) is 0.536. The molecular weight excluding hydrogens is 461 g/mol. The lowest BCUT2D eigenvalue weighted by Gasteiger charge is -2.45. The summed E-state index contributed by atoms with van der Waals surface area (Å²) in [5.74, 6) is -2.76. The molecule has 0 N–H and O–H groups in total. The summed E-state index contributed by atoms with van der Waals surface area (Å²) in [5, 5.41) is 0.849. The largest absolute Gasteiger partial charge is 0.493 e. The smallest absolute Gasteiger partial charge is 0.334 e. The number of anilines is 1. The summed E-state index contributed by atoms with van der Waals surface area (Å²) in [6.45, 7) is 13.5. The van der Waals surface area contributed by atoms with Gasteiger partial charge >= 0.3 is 12.1 Å². The number of carbonyl (C=O) groups excluding carboxylic acids is 2. The molecule has 0 fully saturated rings. The zero-order chi connectivity index (χ0) is 26.2. The number of hydrogen-bond acceptors (Lipinski definition) is 5. The molecule has 1 atom stereocenters. The molecule has 1 aromatic heterocycles. The summed E-state index contributed by atoms with van der Waals surface area (Å²) in [6.07, 6.45) is -1.65. The first-order valence-electron chi connectivity index (χ1n) is 10.9. The number of rotatable bonds is 7. The lowest BCUT2D eigenvalue weighted by atomic mass is 9.92. The Bertz CT molecular complexity index is 1150. The van der Waals surface area contributed by atoms with Crippen LogP contribution in [-0.2, 0) is 16.7 Å². The molecule has 0 bridgehead atoms. The molecule has 10 heteroatoms. The van der Waals surface area contributed by atoms with E-state index >= 15 is 0 Å². The molecule has 2 aromatic rings. The fourth-order valence-corrected chi connectivity index (χ4v) is 4.65. The van der Waals surface area contributed by atoms with E-state index < -0.39 is 24.3 Å². The number of carbonyl (C=O) groups is 2. The predicted molar refractivity (Wildman–Crippen MR) is 128 cm³/mol. The van der Waals surface area contributed by atoms with Gasteiger partial charge in [-0.25, -0.2) is 4.79 Å². The van der Waals surface area contributed by atoms with E-state index in [4.69, 9.17) is 4.84 Å². The van der Waals surface area contributed by atoms with Crippen LogP contribution in [0, 0.1) is 20.8 Å². The maximum Gasteiger partial charge on any atom is 0.493 e. The molecule has 35 heavy (non-hydrogen) atoms. The minimum absolute atomic E-state index is 0.0446. The number of aryl methyl sites for hydroxylation is 4.